The molecule has 5 heteroatoms. The lowest BCUT2D eigenvalue weighted by molar-refractivity contribution is 0.185. The maximum atomic E-state index is 9.00. The minimum absolute atomic E-state index is 0.537. The lowest BCUT2D eigenvalue weighted by Gasteiger charge is -1.85. The third-order valence-electron chi connectivity index (χ3n) is 0.447. The van der Waals surface area contributed by atoms with Gasteiger partial charge in [0.1, 0.15) is 0 Å². The predicted molar refractivity (Wildman–Crippen MR) is 37.4 cm³/mol. The summed E-state index contributed by atoms with van der Waals surface area (Å²) in [6, 6.07) is -0.833. The minimum Gasteiger partial charge on any atom is -0.481 e. The second kappa shape index (κ2) is 5.74. The summed E-state index contributed by atoms with van der Waals surface area (Å²) in [6.07, 6.45) is 0. The first-order chi connectivity index (χ1) is 4.37. The molecule has 2 amide bonds. The van der Waals surface area contributed by atoms with E-state index >= 15 is 0 Å². The molecule has 5 nitrogen and oxygen atoms in total. The maximum Gasteiger partial charge on any atom is 0.309 e. The van der Waals surface area contributed by atoms with Gasteiger partial charge < -0.3 is 21.7 Å². The largest absolute Gasteiger partial charge is 0.481 e. The third-order valence-corrected chi connectivity index (χ3v) is 0.447. The highest BCUT2D eigenvalue weighted by Crippen LogP contribution is 1.90. The summed E-state index contributed by atoms with van der Waals surface area (Å²) in [4.78, 5) is 9.00. The summed E-state index contributed by atoms with van der Waals surface area (Å²) >= 11 is 0. The van der Waals surface area contributed by atoms with Crippen molar-refractivity contribution in [3.63, 3.8) is 0 Å². The van der Waals surface area contributed by atoms with Crippen LogP contribution in [0.4, 0.5) is 4.79 Å². The number of aliphatic hydroxyl groups is 2. The highest BCUT2D eigenvalue weighted by atomic mass is 16.5. The molecule has 0 atom stereocenters. The van der Waals surface area contributed by atoms with Gasteiger partial charge in [-0.05, 0) is 13.8 Å². The first-order valence-electron chi connectivity index (χ1n) is 2.48. The molecule has 0 spiro atoms. The average Bonchev–Trinajstić information content (AvgIpc) is 1.63. The molecule has 0 bridgehead atoms. The van der Waals surface area contributed by atoms with Crippen molar-refractivity contribution < 1.29 is 15.0 Å². The Morgan fingerprint density at radius 1 is 1.20 bits per heavy atom. The normalized spacial score (nSPS) is 7.00. The van der Waals surface area contributed by atoms with E-state index < -0.39 is 12.0 Å². The van der Waals surface area contributed by atoms with E-state index in [-0.39, 0.29) is 0 Å². The van der Waals surface area contributed by atoms with Gasteiger partial charge in [0.05, 0.1) is 0 Å². The number of nitrogens with two attached hydrogens (primary N) is 2. The lowest BCUT2D eigenvalue weighted by Crippen LogP contribution is -2.18. The van der Waals surface area contributed by atoms with Crippen LogP contribution in [0.25, 0.3) is 0 Å². The van der Waals surface area contributed by atoms with Crippen molar-refractivity contribution in [1.82, 2.24) is 0 Å². The molecule has 0 aromatic carbocycles. The summed E-state index contributed by atoms with van der Waals surface area (Å²) in [5.41, 5.74) is 9.04. The molecule has 0 unspecified atom stereocenters. The number of allylic oxidation sites excluding steroid dienone is 1. The molecule has 0 heterocycles. The minimum atomic E-state index is -0.833. The Bertz CT molecular complexity index is 120. The molecule has 10 heavy (non-hydrogen) atoms. The van der Waals surface area contributed by atoms with Gasteiger partial charge in [-0.1, -0.05) is 0 Å². The monoisotopic (exact) mass is 148 g/mol. The number of rotatable bonds is 0. The van der Waals surface area contributed by atoms with E-state index in [1.165, 1.54) is 0 Å². The highest BCUT2D eigenvalue weighted by molar-refractivity contribution is 5.69. The van der Waals surface area contributed by atoms with Gasteiger partial charge >= 0.3 is 6.03 Å². The summed E-state index contributed by atoms with van der Waals surface area (Å²) in [5.74, 6) is -0.574. The summed E-state index contributed by atoms with van der Waals surface area (Å²) in [6.45, 7) is 3.24. The fourth-order valence-corrected chi connectivity index (χ4v) is 0. The molecule has 0 aliphatic rings. The van der Waals surface area contributed by atoms with Crippen LogP contribution in [0.3, 0.4) is 0 Å². The molecule has 0 aliphatic heterocycles. The predicted octanol–water partition coefficient (Wildman–Crippen LogP) is 0.378. The van der Waals surface area contributed by atoms with Crippen molar-refractivity contribution in [3.8, 4) is 0 Å². The zero-order chi connectivity index (χ0) is 8.73. The quantitative estimate of drug-likeness (QED) is 0.372. The molecule has 0 fully saturated rings. The molecular formula is C5H12N2O3. The van der Waals surface area contributed by atoms with Crippen LogP contribution < -0.4 is 11.5 Å². The van der Waals surface area contributed by atoms with E-state index in [9.17, 15) is 0 Å². The number of carbonyl (C=O) groups is 1. The van der Waals surface area contributed by atoms with Gasteiger partial charge in [-0.2, -0.15) is 0 Å². The topological polar surface area (TPSA) is 110 Å². The standard InChI is InChI=1S/C4H8O2.CH4N2O/c1-3(2)4(5)6;2-1(3)4/h5-6H,1-2H3;(H4,2,3,4). The Kier molecular flexibility index (Phi) is 6.55. The van der Waals surface area contributed by atoms with Crippen LogP contribution in [0.1, 0.15) is 13.8 Å². The Hall–Kier alpha value is -1.39. The molecule has 60 valence electrons. The van der Waals surface area contributed by atoms with Crippen molar-refractivity contribution >= 4 is 6.03 Å². The lowest BCUT2D eigenvalue weighted by atomic mass is 10.4. The number of carbonyl (C=O) groups excluding carboxylic acids is 1. The molecule has 0 radical (unpaired) electrons. The van der Waals surface area contributed by atoms with Gasteiger partial charge in [0.25, 0.3) is 5.95 Å². The zero-order valence-corrected chi connectivity index (χ0v) is 5.96. The van der Waals surface area contributed by atoms with Crippen LogP contribution in [-0.2, 0) is 0 Å². The molecule has 0 aliphatic carbocycles. The van der Waals surface area contributed by atoms with E-state index in [2.05, 4.69) is 11.5 Å². The number of hydrogen-bond donors (Lipinski definition) is 4. The number of urea groups is 1. The second-order valence-corrected chi connectivity index (χ2v) is 1.73. The van der Waals surface area contributed by atoms with Crippen molar-refractivity contribution in [2.45, 2.75) is 13.8 Å². The fourth-order valence-electron chi connectivity index (χ4n) is 0. The number of aliphatic hydroxyl groups excluding tert-OH is 1. The van der Waals surface area contributed by atoms with E-state index in [4.69, 9.17) is 15.0 Å². The number of hydrogen-bond acceptors (Lipinski definition) is 3. The van der Waals surface area contributed by atoms with E-state index in [1.54, 1.807) is 13.8 Å². The maximum absolute atomic E-state index is 9.00. The molecule has 0 saturated carbocycles. The molecule has 0 saturated heterocycles. The van der Waals surface area contributed by atoms with Crippen LogP contribution in [0.15, 0.2) is 11.5 Å². The van der Waals surface area contributed by atoms with E-state index in [1.807, 2.05) is 0 Å². The molecule has 0 aromatic heterocycles. The molecule has 0 rings (SSSR count). The molecule has 0 aromatic rings. The Morgan fingerprint density at radius 3 is 1.30 bits per heavy atom. The van der Waals surface area contributed by atoms with Crippen LogP contribution in [0.2, 0.25) is 0 Å². The van der Waals surface area contributed by atoms with E-state index in [0.717, 1.165) is 0 Å². The van der Waals surface area contributed by atoms with E-state index in [0.29, 0.717) is 5.57 Å². The van der Waals surface area contributed by atoms with Gasteiger partial charge in [-0.15, -0.1) is 0 Å². The number of primary amides is 2. The SMILES string of the molecule is CC(C)=C(O)O.NC(N)=O. The molecular weight excluding hydrogens is 136 g/mol. The van der Waals surface area contributed by atoms with Crippen LogP contribution in [0, 0.1) is 0 Å². The smallest absolute Gasteiger partial charge is 0.309 e. The summed E-state index contributed by atoms with van der Waals surface area (Å²) in [7, 11) is 0. The van der Waals surface area contributed by atoms with Gasteiger partial charge in [-0.25, -0.2) is 4.79 Å². The molecule has 6 N–H and O–H groups in total. The Balaban J connectivity index is 0. The Morgan fingerprint density at radius 2 is 1.30 bits per heavy atom. The van der Waals surface area contributed by atoms with Crippen molar-refractivity contribution in [2.24, 2.45) is 11.5 Å². The van der Waals surface area contributed by atoms with Gasteiger partial charge in [0, 0.05) is 5.57 Å². The third kappa shape index (κ3) is 30.5. The summed E-state index contributed by atoms with van der Waals surface area (Å²) < 4.78 is 0. The average molecular weight is 148 g/mol. The first kappa shape index (κ1) is 11.4. The second-order valence-electron chi connectivity index (χ2n) is 1.73. The zero-order valence-electron chi connectivity index (χ0n) is 5.96. The van der Waals surface area contributed by atoms with Gasteiger partial charge in [-0.3, -0.25) is 0 Å². The van der Waals surface area contributed by atoms with Crippen LogP contribution in [0.5, 0.6) is 0 Å². The first-order valence-corrected chi connectivity index (χ1v) is 2.48. The van der Waals surface area contributed by atoms with Crippen LogP contribution >= 0.6 is 0 Å². The van der Waals surface area contributed by atoms with Gasteiger partial charge in [0.15, 0.2) is 0 Å². The van der Waals surface area contributed by atoms with Crippen molar-refractivity contribution in [1.29, 1.82) is 0 Å². The van der Waals surface area contributed by atoms with Crippen molar-refractivity contribution in [3.05, 3.63) is 11.5 Å². The Labute approximate surface area is 58.9 Å². The highest BCUT2D eigenvalue weighted by Gasteiger charge is 1.82. The van der Waals surface area contributed by atoms with Crippen LogP contribution in [-0.4, -0.2) is 16.2 Å². The fraction of sp³-hybridized carbons (Fsp3) is 0.400. The van der Waals surface area contributed by atoms with Gasteiger partial charge in [0.2, 0.25) is 0 Å². The summed E-state index contributed by atoms with van der Waals surface area (Å²) in [5, 5.41) is 16.1. The number of amides is 2. The van der Waals surface area contributed by atoms with Crippen molar-refractivity contribution in [2.75, 3.05) is 0 Å².